The molecule has 2 rings (SSSR count). The molecule has 0 saturated heterocycles. The normalized spacial score (nSPS) is 10.8. The van der Waals surface area contributed by atoms with Crippen LogP contribution < -0.4 is 15.4 Å². The van der Waals surface area contributed by atoms with E-state index in [1.54, 1.807) is 30.3 Å². The van der Waals surface area contributed by atoms with Crippen molar-refractivity contribution in [3.05, 3.63) is 60.2 Å². The van der Waals surface area contributed by atoms with E-state index in [-0.39, 0.29) is 49.1 Å². The quantitative estimate of drug-likeness (QED) is 0.644. The molecule has 0 aliphatic heterocycles. The van der Waals surface area contributed by atoms with Gasteiger partial charge in [0.15, 0.2) is 0 Å². The number of carbonyl (C=O) groups excluding carboxylic acids is 2. The van der Waals surface area contributed by atoms with Crippen molar-refractivity contribution >= 4 is 27.5 Å². The summed E-state index contributed by atoms with van der Waals surface area (Å²) in [7, 11) is -3.81. The fourth-order valence-corrected chi connectivity index (χ4v) is 3.23. The third kappa shape index (κ3) is 7.03. The Bertz CT molecular complexity index is 1000. The number of nitrogens with zero attached hydrogens (tertiary/aromatic N) is 2. The van der Waals surface area contributed by atoms with Crippen molar-refractivity contribution in [2.45, 2.75) is 30.7 Å². The summed E-state index contributed by atoms with van der Waals surface area (Å²) in [5, 5.41) is 16.6. The van der Waals surface area contributed by atoms with Crippen LogP contribution >= 0.6 is 0 Å². The van der Waals surface area contributed by atoms with E-state index in [1.165, 1.54) is 23.1 Å². The van der Waals surface area contributed by atoms with Crippen molar-refractivity contribution in [2.75, 3.05) is 11.4 Å². The first-order chi connectivity index (χ1) is 13.8. The van der Waals surface area contributed by atoms with Crippen molar-refractivity contribution < 1.29 is 18.0 Å². The number of nitriles is 1. The highest BCUT2D eigenvalue weighted by molar-refractivity contribution is 7.89. The highest BCUT2D eigenvalue weighted by Crippen LogP contribution is 2.15. The van der Waals surface area contributed by atoms with Gasteiger partial charge < -0.3 is 10.2 Å². The zero-order valence-electron chi connectivity index (χ0n) is 15.7. The van der Waals surface area contributed by atoms with Crippen molar-refractivity contribution in [1.82, 2.24) is 5.32 Å². The monoisotopic (exact) mass is 414 g/mol. The summed E-state index contributed by atoms with van der Waals surface area (Å²) in [6, 6.07) is 16.9. The van der Waals surface area contributed by atoms with Gasteiger partial charge in [-0.25, -0.2) is 13.6 Å². The maximum Gasteiger partial charge on any atom is 0.238 e. The SMILES string of the molecule is N#CCCN(C(=O)CCC(=O)NCc1cccc(S(N)(=O)=O)c1)c1ccccc1. The summed E-state index contributed by atoms with van der Waals surface area (Å²) >= 11 is 0. The molecule has 29 heavy (non-hydrogen) atoms. The van der Waals surface area contributed by atoms with Gasteiger partial charge in [-0.1, -0.05) is 30.3 Å². The van der Waals surface area contributed by atoms with Crippen molar-refractivity contribution in [3.8, 4) is 6.07 Å². The van der Waals surface area contributed by atoms with Crippen LogP contribution in [0.2, 0.25) is 0 Å². The van der Waals surface area contributed by atoms with Gasteiger partial charge in [-0.3, -0.25) is 9.59 Å². The highest BCUT2D eigenvalue weighted by atomic mass is 32.2. The van der Waals surface area contributed by atoms with Crippen molar-refractivity contribution in [3.63, 3.8) is 0 Å². The molecule has 2 aromatic carbocycles. The van der Waals surface area contributed by atoms with Crippen molar-refractivity contribution in [1.29, 1.82) is 5.26 Å². The first-order valence-electron chi connectivity index (χ1n) is 8.92. The predicted molar refractivity (Wildman–Crippen MR) is 108 cm³/mol. The van der Waals surface area contributed by atoms with Crippen LogP contribution in [0.1, 0.15) is 24.8 Å². The van der Waals surface area contributed by atoms with Gasteiger partial charge in [0.1, 0.15) is 0 Å². The van der Waals surface area contributed by atoms with Gasteiger partial charge in [0.2, 0.25) is 21.8 Å². The van der Waals surface area contributed by atoms with Crippen LogP contribution in [-0.2, 0) is 26.2 Å². The Morgan fingerprint density at radius 1 is 1.07 bits per heavy atom. The fraction of sp³-hybridized carbons (Fsp3) is 0.250. The molecule has 0 atom stereocenters. The van der Waals surface area contributed by atoms with E-state index in [9.17, 15) is 18.0 Å². The van der Waals surface area contributed by atoms with Gasteiger partial charge in [0.25, 0.3) is 0 Å². The summed E-state index contributed by atoms with van der Waals surface area (Å²) in [5.41, 5.74) is 1.25. The number of nitrogens with one attached hydrogen (secondary N) is 1. The second-order valence-electron chi connectivity index (χ2n) is 6.26. The number of benzene rings is 2. The predicted octanol–water partition coefficient (Wildman–Crippen LogP) is 1.68. The van der Waals surface area contributed by atoms with Gasteiger partial charge in [-0.15, -0.1) is 0 Å². The Kier molecular flexibility index (Phi) is 7.88. The van der Waals surface area contributed by atoms with Gasteiger partial charge in [-0.2, -0.15) is 5.26 Å². The van der Waals surface area contributed by atoms with Gasteiger partial charge >= 0.3 is 0 Å². The molecule has 9 heteroatoms. The molecule has 0 heterocycles. The Balaban J connectivity index is 1.90. The Morgan fingerprint density at radius 3 is 2.45 bits per heavy atom. The number of anilines is 1. The number of carbonyl (C=O) groups is 2. The van der Waals surface area contributed by atoms with Crippen LogP contribution in [0.3, 0.4) is 0 Å². The molecule has 0 aromatic heterocycles. The van der Waals surface area contributed by atoms with Crippen LogP contribution in [0.4, 0.5) is 5.69 Å². The number of hydrogen-bond acceptors (Lipinski definition) is 5. The number of rotatable bonds is 9. The lowest BCUT2D eigenvalue weighted by molar-refractivity contribution is -0.125. The van der Waals surface area contributed by atoms with Gasteiger partial charge in [0, 0.05) is 31.6 Å². The molecule has 0 fully saturated rings. The molecule has 0 saturated carbocycles. The molecule has 152 valence electrons. The Labute approximate surface area is 170 Å². The van der Waals surface area contributed by atoms with E-state index in [0.29, 0.717) is 11.3 Å². The summed E-state index contributed by atoms with van der Waals surface area (Å²) < 4.78 is 22.8. The maximum atomic E-state index is 12.5. The molecule has 0 aliphatic carbocycles. The zero-order chi connectivity index (χ0) is 21.3. The molecular formula is C20H22N4O4S. The molecule has 0 radical (unpaired) electrons. The number of sulfonamides is 1. The second-order valence-corrected chi connectivity index (χ2v) is 7.82. The van der Waals surface area contributed by atoms with E-state index in [0.717, 1.165) is 0 Å². The minimum absolute atomic E-state index is 0.0105. The number of nitrogens with two attached hydrogens (primary N) is 1. The lowest BCUT2D eigenvalue weighted by atomic mass is 10.2. The number of para-hydroxylation sites is 1. The molecule has 8 nitrogen and oxygen atoms in total. The standard InChI is InChI=1S/C20H22N4O4S/c21-12-5-13-24(17-7-2-1-3-8-17)20(26)11-10-19(25)23-15-16-6-4-9-18(14-16)29(22,27)28/h1-4,6-9,14H,5,10-11,13,15H2,(H,23,25)(H2,22,27,28). The number of amides is 2. The van der Waals surface area contributed by atoms with E-state index < -0.39 is 10.0 Å². The van der Waals surface area contributed by atoms with Crippen LogP contribution in [0.5, 0.6) is 0 Å². The zero-order valence-corrected chi connectivity index (χ0v) is 16.6. The van der Waals surface area contributed by atoms with E-state index in [1.807, 2.05) is 12.1 Å². The summed E-state index contributed by atoms with van der Waals surface area (Å²) in [4.78, 5) is 26.1. The average Bonchev–Trinajstić information content (AvgIpc) is 2.71. The van der Waals surface area contributed by atoms with Crippen LogP contribution in [0.25, 0.3) is 0 Å². The summed E-state index contributed by atoms with van der Waals surface area (Å²) in [6.07, 6.45) is 0.153. The van der Waals surface area contributed by atoms with E-state index >= 15 is 0 Å². The lowest BCUT2D eigenvalue weighted by Crippen LogP contribution is -2.33. The minimum Gasteiger partial charge on any atom is -0.352 e. The number of hydrogen-bond donors (Lipinski definition) is 2. The molecule has 0 aliphatic rings. The summed E-state index contributed by atoms with van der Waals surface area (Å²) in [6.45, 7) is 0.370. The van der Waals surface area contributed by atoms with E-state index in [2.05, 4.69) is 5.32 Å². The molecular weight excluding hydrogens is 392 g/mol. The highest BCUT2D eigenvalue weighted by Gasteiger charge is 2.16. The maximum absolute atomic E-state index is 12.5. The van der Waals surface area contributed by atoms with Crippen LogP contribution in [-0.4, -0.2) is 26.8 Å². The van der Waals surface area contributed by atoms with Crippen LogP contribution in [0.15, 0.2) is 59.5 Å². The largest absolute Gasteiger partial charge is 0.352 e. The molecule has 0 bridgehead atoms. The topological polar surface area (TPSA) is 133 Å². The first-order valence-corrected chi connectivity index (χ1v) is 10.5. The van der Waals surface area contributed by atoms with Crippen LogP contribution in [0, 0.1) is 11.3 Å². The smallest absolute Gasteiger partial charge is 0.238 e. The Morgan fingerprint density at radius 2 is 1.79 bits per heavy atom. The van der Waals surface area contributed by atoms with Gasteiger partial charge in [0.05, 0.1) is 17.4 Å². The third-order valence-corrected chi connectivity index (χ3v) is 5.01. The second kappa shape index (κ2) is 10.4. The molecule has 2 aromatic rings. The summed E-state index contributed by atoms with van der Waals surface area (Å²) in [5.74, 6) is -0.592. The van der Waals surface area contributed by atoms with Gasteiger partial charge in [-0.05, 0) is 29.8 Å². The fourth-order valence-electron chi connectivity index (χ4n) is 2.64. The molecule has 3 N–H and O–H groups in total. The third-order valence-electron chi connectivity index (χ3n) is 4.10. The molecule has 2 amide bonds. The minimum atomic E-state index is -3.81. The molecule has 0 spiro atoms. The Hall–Kier alpha value is -3.22. The lowest BCUT2D eigenvalue weighted by Gasteiger charge is -2.21. The number of primary sulfonamides is 1. The average molecular weight is 414 g/mol. The van der Waals surface area contributed by atoms with Crippen molar-refractivity contribution in [2.24, 2.45) is 5.14 Å². The first kappa shape index (κ1) is 22.1. The molecule has 0 unspecified atom stereocenters. The van der Waals surface area contributed by atoms with E-state index in [4.69, 9.17) is 10.4 Å².